The zero-order chi connectivity index (χ0) is 9.52. The van der Waals surface area contributed by atoms with Crippen molar-refractivity contribution >= 4 is 5.97 Å². The lowest BCUT2D eigenvalue weighted by Crippen LogP contribution is -2.19. The standard InChI is InChI=1S/C9H11NO3/c11-9(12)7-13-10-6-8-4-2-1-3-5-8/h1-5,10H,6-7H2,(H,11,12). The highest BCUT2D eigenvalue weighted by atomic mass is 16.7. The maximum absolute atomic E-state index is 10.0. The lowest BCUT2D eigenvalue weighted by Gasteiger charge is -2.02. The van der Waals surface area contributed by atoms with Crippen molar-refractivity contribution in [2.45, 2.75) is 6.54 Å². The second-order valence-electron chi connectivity index (χ2n) is 2.49. The van der Waals surface area contributed by atoms with Crippen LogP contribution >= 0.6 is 0 Å². The Labute approximate surface area is 76.1 Å². The Balaban J connectivity index is 2.17. The van der Waals surface area contributed by atoms with E-state index in [2.05, 4.69) is 10.3 Å². The summed E-state index contributed by atoms with van der Waals surface area (Å²) in [6, 6.07) is 9.60. The Bertz CT molecular complexity index is 261. The molecule has 0 aliphatic carbocycles. The number of benzene rings is 1. The summed E-state index contributed by atoms with van der Waals surface area (Å²) in [5, 5.41) is 8.25. The minimum absolute atomic E-state index is 0.327. The van der Waals surface area contributed by atoms with Crippen LogP contribution in [0.1, 0.15) is 5.56 Å². The normalized spacial score (nSPS) is 9.85. The van der Waals surface area contributed by atoms with E-state index in [4.69, 9.17) is 5.11 Å². The third-order valence-electron chi connectivity index (χ3n) is 1.42. The quantitative estimate of drug-likeness (QED) is 0.521. The van der Waals surface area contributed by atoms with Gasteiger partial charge in [0.1, 0.15) is 0 Å². The zero-order valence-corrected chi connectivity index (χ0v) is 7.06. The fourth-order valence-corrected chi connectivity index (χ4v) is 0.843. The van der Waals surface area contributed by atoms with E-state index in [0.29, 0.717) is 6.54 Å². The molecular formula is C9H11NO3. The van der Waals surface area contributed by atoms with E-state index in [1.54, 1.807) is 0 Å². The summed E-state index contributed by atoms with van der Waals surface area (Å²) >= 11 is 0. The largest absolute Gasteiger partial charge is 0.479 e. The maximum Gasteiger partial charge on any atom is 0.331 e. The highest BCUT2D eigenvalue weighted by Gasteiger charge is 1.95. The molecule has 1 aromatic carbocycles. The molecule has 1 aromatic rings. The van der Waals surface area contributed by atoms with Crippen molar-refractivity contribution in [3.63, 3.8) is 0 Å². The second-order valence-corrected chi connectivity index (χ2v) is 2.49. The predicted molar refractivity (Wildman–Crippen MR) is 46.9 cm³/mol. The van der Waals surface area contributed by atoms with Crippen molar-refractivity contribution in [1.29, 1.82) is 0 Å². The lowest BCUT2D eigenvalue weighted by atomic mass is 10.2. The molecule has 4 heteroatoms. The van der Waals surface area contributed by atoms with Crippen LogP contribution < -0.4 is 5.48 Å². The molecule has 1 rings (SSSR count). The average molecular weight is 181 g/mol. The van der Waals surface area contributed by atoms with Gasteiger partial charge in [0, 0.05) is 6.54 Å². The van der Waals surface area contributed by atoms with Crippen molar-refractivity contribution in [2.75, 3.05) is 6.61 Å². The molecular weight excluding hydrogens is 170 g/mol. The monoisotopic (exact) mass is 181 g/mol. The van der Waals surface area contributed by atoms with Crippen LogP contribution in [0.15, 0.2) is 30.3 Å². The van der Waals surface area contributed by atoms with Gasteiger partial charge in [-0.05, 0) is 5.56 Å². The van der Waals surface area contributed by atoms with Crippen LogP contribution in [0.3, 0.4) is 0 Å². The molecule has 70 valence electrons. The zero-order valence-electron chi connectivity index (χ0n) is 7.06. The molecule has 0 atom stereocenters. The molecule has 0 heterocycles. The molecule has 0 bridgehead atoms. The number of carbonyl (C=O) groups is 1. The Morgan fingerprint density at radius 2 is 2.08 bits per heavy atom. The van der Waals surface area contributed by atoms with Gasteiger partial charge in [-0.3, -0.25) is 4.84 Å². The van der Waals surface area contributed by atoms with Gasteiger partial charge in [0.05, 0.1) is 0 Å². The van der Waals surface area contributed by atoms with Gasteiger partial charge >= 0.3 is 5.97 Å². The van der Waals surface area contributed by atoms with Gasteiger partial charge in [-0.15, -0.1) is 0 Å². The number of hydroxylamine groups is 1. The second kappa shape index (κ2) is 5.29. The number of hydrogen-bond acceptors (Lipinski definition) is 3. The van der Waals surface area contributed by atoms with Gasteiger partial charge < -0.3 is 5.11 Å². The van der Waals surface area contributed by atoms with Crippen LogP contribution in [0.25, 0.3) is 0 Å². The molecule has 0 aliphatic rings. The smallest absolute Gasteiger partial charge is 0.331 e. The van der Waals surface area contributed by atoms with Crippen LogP contribution in [0, 0.1) is 0 Å². The van der Waals surface area contributed by atoms with E-state index in [1.165, 1.54) is 0 Å². The predicted octanol–water partition coefficient (Wildman–Crippen LogP) is 0.792. The number of carboxylic acid groups (broad SMARTS) is 1. The molecule has 0 spiro atoms. The average Bonchev–Trinajstić information content (AvgIpc) is 2.14. The van der Waals surface area contributed by atoms with Crippen molar-refractivity contribution in [3.8, 4) is 0 Å². The van der Waals surface area contributed by atoms with Crippen molar-refractivity contribution in [3.05, 3.63) is 35.9 Å². The third-order valence-corrected chi connectivity index (χ3v) is 1.42. The van der Waals surface area contributed by atoms with Crippen LogP contribution in [-0.4, -0.2) is 17.7 Å². The molecule has 2 N–H and O–H groups in total. The molecule has 0 radical (unpaired) electrons. The number of carboxylic acids is 1. The van der Waals surface area contributed by atoms with E-state index in [-0.39, 0.29) is 6.61 Å². The first kappa shape index (κ1) is 9.70. The summed E-state index contributed by atoms with van der Waals surface area (Å²) in [6.45, 7) is 0.182. The van der Waals surface area contributed by atoms with Gasteiger partial charge in [0.2, 0.25) is 0 Å². The summed E-state index contributed by atoms with van der Waals surface area (Å²) in [5.74, 6) is -0.986. The van der Waals surface area contributed by atoms with E-state index >= 15 is 0 Å². The van der Waals surface area contributed by atoms with E-state index in [0.717, 1.165) is 5.56 Å². The van der Waals surface area contributed by atoms with E-state index in [9.17, 15) is 4.79 Å². The first-order valence-electron chi connectivity index (χ1n) is 3.89. The van der Waals surface area contributed by atoms with Crippen molar-refractivity contribution < 1.29 is 14.7 Å². The number of rotatable bonds is 5. The molecule has 0 saturated carbocycles. The summed E-state index contributed by atoms with van der Waals surface area (Å²) in [7, 11) is 0. The maximum atomic E-state index is 10.0. The van der Waals surface area contributed by atoms with E-state index in [1.807, 2.05) is 30.3 Å². The fourth-order valence-electron chi connectivity index (χ4n) is 0.843. The van der Waals surface area contributed by atoms with Crippen molar-refractivity contribution in [2.24, 2.45) is 0 Å². The highest BCUT2D eigenvalue weighted by molar-refractivity contribution is 5.67. The molecule has 0 aliphatic heterocycles. The summed E-state index contributed by atoms with van der Waals surface area (Å²) < 4.78 is 0. The van der Waals surface area contributed by atoms with Gasteiger partial charge in [0.15, 0.2) is 6.61 Å². The number of aliphatic carboxylic acids is 1. The van der Waals surface area contributed by atoms with Gasteiger partial charge in [-0.25, -0.2) is 4.79 Å². The third kappa shape index (κ3) is 4.25. The summed E-state index contributed by atoms with van der Waals surface area (Å²) in [6.07, 6.45) is 0. The first-order valence-corrected chi connectivity index (χ1v) is 3.89. The Morgan fingerprint density at radius 1 is 1.38 bits per heavy atom. The van der Waals surface area contributed by atoms with Gasteiger partial charge in [0.25, 0.3) is 0 Å². The minimum Gasteiger partial charge on any atom is -0.479 e. The molecule has 0 unspecified atom stereocenters. The molecule has 4 nitrogen and oxygen atoms in total. The molecule has 0 saturated heterocycles. The SMILES string of the molecule is O=C(O)CONCc1ccccc1. The molecule has 0 aromatic heterocycles. The Kier molecular flexibility index (Phi) is 3.95. The van der Waals surface area contributed by atoms with Crippen LogP contribution in [0.2, 0.25) is 0 Å². The van der Waals surface area contributed by atoms with Gasteiger partial charge in [-0.1, -0.05) is 30.3 Å². The van der Waals surface area contributed by atoms with Crippen LogP contribution in [0.5, 0.6) is 0 Å². The number of hydrogen-bond donors (Lipinski definition) is 2. The van der Waals surface area contributed by atoms with Gasteiger partial charge in [-0.2, -0.15) is 5.48 Å². The lowest BCUT2D eigenvalue weighted by molar-refractivity contribution is -0.145. The van der Waals surface area contributed by atoms with E-state index < -0.39 is 5.97 Å². The van der Waals surface area contributed by atoms with Crippen LogP contribution in [0.4, 0.5) is 0 Å². The summed E-state index contributed by atoms with van der Waals surface area (Å²) in [4.78, 5) is 14.7. The highest BCUT2D eigenvalue weighted by Crippen LogP contribution is 1.96. The Morgan fingerprint density at radius 3 is 2.69 bits per heavy atom. The minimum atomic E-state index is -0.986. The summed E-state index contributed by atoms with van der Waals surface area (Å²) in [5.41, 5.74) is 3.60. The Hall–Kier alpha value is -1.39. The van der Waals surface area contributed by atoms with Crippen molar-refractivity contribution in [1.82, 2.24) is 5.48 Å². The topological polar surface area (TPSA) is 58.6 Å². The van der Waals surface area contributed by atoms with Crippen LogP contribution in [-0.2, 0) is 16.2 Å². The molecule has 13 heavy (non-hydrogen) atoms. The molecule has 0 fully saturated rings. The number of nitrogens with one attached hydrogen (secondary N) is 1. The molecule has 0 amide bonds. The fraction of sp³-hybridized carbons (Fsp3) is 0.222. The first-order chi connectivity index (χ1) is 6.29.